The summed E-state index contributed by atoms with van der Waals surface area (Å²) in [6.07, 6.45) is 4.85. The largest absolute Gasteiger partial charge is 0.332 e. The quantitative estimate of drug-likeness (QED) is 0.841. The molecule has 1 saturated heterocycles. The topological polar surface area (TPSA) is 63.9 Å². The Kier molecular flexibility index (Phi) is 5.12. The molecule has 2 aromatic heterocycles. The van der Waals surface area contributed by atoms with Gasteiger partial charge >= 0.3 is 0 Å². The molecule has 0 aromatic carbocycles. The third-order valence-electron chi connectivity index (χ3n) is 4.85. The van der Waals surface area contributed by atoms with Gasteiger partial charge in [-0.2, -0.15) is 5.10 Å². The van der Waals surface area contributed by atoms with E-state index >= 15 is 0 Å². The van der Waals surface area contributed by atoms with Crippen LogP contribution < -0.4 is 0 Å². The fourth-order valence-corrected chi connectivity index (χ4v) is 3.55. The highest BCUT2D eigenvalue weighted by atomic mass is 16.2. The number of aromatic nitrogens is 4. The summed E-state index contributed by atoms with van der Waals surface area (Å²) < 4.78 is 1.94. The molecular weight excluding hydrogens is 326 g/mol. The Bertz CT molecular complexity index is 790. The molecule has 0 saturated carbocycles. The van der Waals surface area contributed by atoms with E-state index in [1.165, 1.54) is 0 Å². The van der Waals surface area contributed by atoms with Crippen molar-refractivity contribution in [2.24, 2.45) is 5.41 Å². The number of amides is 1. The molecule has 0 radical (unpaired) electrons. The van der Waals surface area contributed by atoms with E-state index in [0.717, 1.165) is 55.3 Å². The van der Waals surface area contributed by atoms with Crippen molar-refractivity contribution >= 4 is 5.91 Å². The summed E-state index contributed by atoms with van der Waals surface area (Å²) in [6.45, 7) is 11.5. The van der Waals surface area contributed by atoms with Gasteiger partial charge in [-0.15, -0.1) is 0 Å². The number of likely N-dealkylation sites (tertiary alicyclic amines) is 1. The summed E-state index contributed by atoms with van der Waals surface area (Å²) in [5.41, 5.74) is 2.38. The van der Waals surface area contributed by atoms with Crippen LogP contribution in [0.3, 0.4) is 0 Å². The molecule has 0 unspecified atom stereocenters. The van der Waals surface area contributed by atoms with Crippen molar-refractivity contribution in [3.05, 3.63) is 29.8 Å². The van der Waals surface area contributed by atoms with Gasteiger partial charge in [0.2, 0.25) is 5.91 Å². The van der Waals surface area contributed by atoms with E-state index < -0.39 is 5.41 Å². The zero-order valence-corrected chi connectivity index (χ0v) is 16.5. The molecule has 1 aliphatic rings. The molecule has 6 heteroatoms. The van der Waals surface area contributed by atoms with E-state index in [-0.39, 0.29) is 11.9 Å². The highest BCUT2D eigenvalue weighted by molar-refractivity contribution is 5.82. The van der Waals surface area contributed by atoms with Gasteiger partial charge in [0.25, 0.3) is 0 Å². The Morgan fingerprint density at radius 3 is 2.73 bits per heavy atom. The van der Waals surface area contributed by atoms with Gasteiger partial charge in [0.15, 0.2) is 5.82 Å². The molecule has 140 valence electrons. The average Bonchev–Trinajstić information content (AvgIpc) is 3.08. The van der Waals surface area contributed by atoms with Crippen LogP contribution >= 0.6 is 0 Å². The van der Waals surface area contributed by atoms with Gasteiger partial charge in [0.05, 0.1) is 17.4 Å². The van der Waals surface area contributed by atoms with E-state index in [0.29, 0.717) is 0 Å². The third kappa shape index (κ3) is 3.64. The van der Waals surface area contributed by atoms with Gasteiger partial charge in [-0.3, -0.25) is 9.48 Å². The van der Waals surface area contributed by atoms with Crippen molar-refractivity contribution in [2.45, 2.75) is 66.5 Å². The summed E-state index contributed by atoms with van der Waals surface area (Å²) >= 11 is 0. The summed E-state index contributed by atoms with van der Waals surface area (Å²) in [5.74, 6) is 0.925. The lowest BCUT2D eigenvalue weighted by atomic mass is 9.91. The van der Waals surface area contributed by atoms with E-state index in [9.17, 15) is 4.79 Å². The smallest absolute Gasteiger partial charge is 0.228 e. The van der Waals surface area contributed by atoms with Crippen molar-refractivity contribution < 1.29 is 4.79 Å². The van der Waals surface area contributed by atoms with Gasteiger partial charge in [0, 0.05) is 30.4 Å². The number of nitrogens with zero attached hydrogens (tertiary/aromatic N) is 5. The van der Waals surface area contributed by atoms with Crippen LogP contribution in [0.25, 0.3) is 11.4 Å². The molecule has 3 heterocycles. The second-order valence-corrected chi connectivity index (χ2v) is 8.05. The normalized spacial score (nSPS) is 18.2. The number of aryl methyl sites for hydroxylation is 2. The number of carbonyl (C=O) groups is 1. The maximum Gasteiger partial charge on any atom is 0.228 e. The zero-order chi connectivity index (χ0) is 18.9. The third-order valence-corrected chi connectivity index (χ3v) is 4.85. The highest BCUT2D eigenvalue weighted by Gasteiger charge is 2.35. The number of hydrogen-bond acceptors (Lipinski definition) is 4. The standard InChI is InChI=1S/C20H29N5O/c1-6-25-16(10-11-21-25)15-13-14(2)22-18(23-15)17-9-7-8-12-24(17)19(26)20(3,4)5/h10-11,13,17H,6-9,12H2,1-5H3/t17-/m0/s1. The Morgan fingerprint density at radius 2 is 2.04 bits per heavy atom. The molecule has 0 aliphatic carbocycles. The van der Waals surface area contributed by atoms with E-state index in [1.54, 1.807) is 6.20 Å². The number of rotatable bonds is 3. The second kappa shape index (κ2) is 7.17. The first-order valence-electron chi connectivity index (χ1n) is 9.50. The second-order valence-electron chi connectivity index (χ2n) is 8.05. The fraction of sp³-hybridized carbons (Fsp3) is 0.600. The number of carbonyl (C=O) groups excluding carboxylic acids is 1. The molecule has 1 aliphatic heterocycles. The van der Waals surface area contributed by atoms with Crippen molar-refractivity contribution in [2.75, 3.05) is 6.54 Å². The first-order valence-corrected chi connectivity index (χ1v) is 9.50. The summed E-state index contributed by atoms with van der Waals surface area (Å²) in [7, 11) is 0. The van der Waals surface area contributed by atoms with Crippen molar-refractivity contribution in [3.8, 4) is 11.4 Å². The molecule has 2 aromatic rings. The Hall–Kier alpha value is -2.24. The Labute approximate surface area is 155 Å². The SMILES string of the molecule is CCn1nccc1-c1cc(C)nc([C@@H]2CCCCN2C(=O)C(C)(C)C)n1. The maximum atomic E-state index is 13.0. The molecular formula is C20H29N5O. The van der Waals surface area contributed by atoms with Crippen LogP contribution in [-0.4, -0.2) is 37.1 Å². The predicted octanol–water partition coefficient (Wildman–Crippen LogP) is 3.77. The molecule has 1 fully saturated rings. The minimum absolute atomic E-state index is 0.0490. The zero-order valence-electron chi connectivity index (χ0n) is 16.5. The lowest BCUT2D eigenvalue weighted by Crippen LogP contribution is -2.44. The van der Waals surface area contributed by atoms with Crippen LogP contribution in [0, 0.1) is 12.3 Å². The molecule has 6 nitrogen and oxygen atoms in total. The predicted molar refractivity (Wildman–Crippen MR) is 101 cm³/mol. The van der Waals surface area contributed by atoms with E-state index in [2.05, 4.69) is 12.0 Å². The average molecular weight is 355 g/mol. The van der Waals surface area contributed by atoms with Crippen LogP contribution in [0.5, 0.6) is 0 Å². The molecule has 3 rings (SSSR count). The molecule has 1 atom stereocenters. The first kappa shape index (κ1) is 18.5. The maximum absolute atomic E-state index is 13.0. The first-order chi connectivity index (χ1) is 12.3. The van der Waals surface area contributed by atoms with E-state index in [1.807, 2.05) is 49.4 Å². The van der Waals surface area contributed by atoms with Crippen LogP contribution in [-0.2, 0) is 11.3 Å². The summed E-state index contributed by atoms with van der Waals surface area (Å²) in [4.78, 5) is 24.5. The van der Waals surface area contributed by atoms with Gasteiger partial charge < -0.3 is 4.90 Å². The Morgan fingerprint density at radius 1 is 1.27 bits per heavy atom. The lowest BCUT2D eigenvalue weighted by molar-refractivity contribution is -0.143. The van der Waals surface area contributed by atoms with Gasteiger partial charge in [-0.05, 0) is 45.2 Å². The van der Waals surface area contributed by atoms with Crippen molar-refractivity contribution in [1.82, 2.24) is 24.6 Å². The van der Waals surface area contributed by atoms with Gasteiger partial charge in [0.1, 0.15) is 0 Å². The molecule has 0 bridgehead atoms. The van der Waals surface area contributed by atoms with Crippen LogP contribution in [0.2, 0.25) is 0 Å². The fourth-order valence-electron chi connectivity index (χ4n) is 3.55. The van der Waals surface area contributed by atoms with Gasteiger partial charge in [-0.25, -0.2) is 9.97 Å². The minimum atomic E-state index is -0.400. The number of piperidine rings is 1. The molecule has 0 N–H and O–H groups in total. The lowest BCUT2D eigenvalue weighted by Gasteiger charge is -2.38. The van der Waals surface area contributed by atoms with Crippen LogP contribution in [0.15, 0.2) is 18.3 Å². The summed E-state index contributed by atoms with van der Waals surface area (Å²) in [6, 6.07) is 3.92. The Balaban J connectivity index is 2.01. The van der Waals surface area contributed by atoms with E-state index in [4.69, 9.17) is 9.97 Å². The van der Waals surface area contributed by atoms with Gasteiger partial charge in [-0.1, -0.05) is 20.8 Å². The van der Waals surface area contributed by atoms with Crippen LogP contribution in [0.1, 0.15) is 64.5 Å². The van der Waals surface area contributed by atoms with Crippen LogP contribution in [0.4, 0.5) is 0 Å². The highest BCUT2D eigenvalue weighted by Crippen LogP contribution is 2.33. The molecule has 1 amide bonds. The molecule has 0 spiro atoms. The molecule has 26 heavy (non-hydrogen) atoms. The van der Waals surface area contributed by atoms with Crippen molar-refractivity contribution in [1.29, 1.82) is 0 Å². The number of hydrogen-bond donors (Lipinski definition) is 0. The monoisotopic (exact) mass is 355 g/mol. The van der Waals surface area contributed by atoms with Crippen molar-refractivity contribution in [3.63, 3.8) is 0 Å². The summed E-state index contributed by atoms with van der Waals surface area (Å²) in [5, 5.41) is 4.35. The minimum Gasteiger partial charge on any atom is -0.332 e.